The molecule has 146 valence electrons. The Kier molecular flexibility index (Phi) is 5.46. The minimum atomic E-state index is -4.61. The fourth-order valence-corrected chi connectivity index (χ4v) is 3.19. The van der Waals surface area contributed by atoms with Gasteiger partial charge in [0.2, 0.25) is 0 Å². The number of amides is 3. The molecule has 0 spiro atoms. The Morgan fingerprint density at radius 1 is 1.11 bits per heavy atom. The van der Waals surface area contributed by atoms with Gasteiger partial charge in [0.15, 0.2) is 0 Å². The van der Waals surface area contributed by atoms with E-state index in [-0.39, 0.29) is 17.0 Å². The topological polar surface area (TPSA) is 70.2 Å². The van der Waals surface area contributed by atoms with Gasteiger partial charge in [0, 0.05) is 10.2 Å². The van der Waals surface area contributed by atoms with E-state index in [9.17, 15) is 22.8 Å². The molecule has 2 aromatic rings. The number of alkyl halides is 3. The number of hydrogen-bond donors (Lipinski definition) is 3. The maximum absolute atomic E-state index is 13.2. The van der Waals surface area contributed by atoms with Crippen LogP contribution in [0, 0.1) is 0 Å². The van der Waals surface area contributed by atoms with Crippen molar-refractivity contribution in [2.45, 2.75) is 19.1 Å². The van der Waals surface area contributed by atoms with Gasteiger partial charge in [0.1, 0.15) is 0 Å². The molecular weight excluding hydrogens is 439 g/mol. The summed E-state index contributed by atoms with van der Waals surface area (Å²) < 4.78 is 40.4. The van der Waals surface area contributed by atoms with Gasteiger partial charge < -0.3 is 16.0 Å². The number of anilines is 1. The highest BCUT2D eigenvalue weighted by Crippen LogP contribution is 2.35. The summed E-state index contributed by atoms with van der Waals surface area (Å²) in [5, 5.41) is 7.45. The quantitative estimate of drug-likeness (QED) is 0.628. The van der Waals surface area contributed by atoms with Crippen molar-refractivity contribution < 1.29 is 22.8 Å². The van der Waals surface area contributed by atoms with Crippen LogP contribution in [0.1, 0.15) is 24.1 Å². The number of allylic oxidation sites excluding steroid dienone is 1. The molecule has 1 atom stereocenters. The van der Waals surface area contributed by atoms with E-state index in [1.54, 1.807) is 24.3 Å². The zero-order chi connectivity index (χ0) is 20.5. The number of rotatable bonds is 3. The highest BCUT2D eigenvalue weighted by atomic mass is 79.9. The van der Waals surface area contributed by atoms with Crippen LogP contribution in [0.3, 0.4) is 0 Å². The minimum absolute atomic E-state index is 0.124. The first-order valence-electron chi connectivity index (χ1n) is 8.18. The number of nitrogens with one attached hydrogen (secondary N) is 3. The second-order valence-electron chi connectivity index (χ2n) is 6.12. The Morgan fingerprint density at radius 2 is 1.75 bits per heavy atom. The van der Waals surface area contributed by atoms with E-state index in [4.69, 9.17) is 0 Å². The molecule has 0 saturated heterocycles. The SMILES string of the molecule is CC1=C(C(=O)Nc2ccccc2C(F)(F)F)[C@@H](c2ccc(Br)cc2)NC(=O)N1. The van der Waals surface area contributed by atoms with Crippen LogP contribution >= 0.6 is 15.9 Å². The van der Waals surface area contributed by atoms with Gasteiger partial charge in [-0.05, 0) is 36.8 Å². The molecule has 3 rings (SSSR count). The third-order valence-corrected chi connectivity index (χ3v) is 4.73. The molecule has 5 nitrogen and oxygen atoms in total. The molecule has 3 amide bonds. The van der Waals surface area contributed by atoms with Crippen LogP contribution in [-0.4, -0.2) is 11.9 Å². The fraction of sp³-hybridized carbons (Fsp3) is 0.158. The highest BCUT2D eigenvalue weighted by Gasteiger charge is 2.35. The lowest BCUT2D eigenvalue weighted by Crippen LogP contribution is -2.46. The fourth-order valence-electron chi connectivity index (χ4n) is 2.93. The molecule has 28 heavy (non-hydrogen) atoms. The average Bonchev–Trinajstić information content (AvgIpc) is 2.61. The van der Waals surface area contributed by atoms with Gasteiger partial charge in [-0.1, -0.05) is 40.2 Å². The van der Waals surface area contributed by atoms with Gasteiger partial charge in [0.25, 0.3) is 5.91 Å². The molecule has 3 N–H and O–H groups in total. The van der Waals surface area contributed by atoms with Crippen molar-refractivity contribution in [2.24, 2.45) is 0 Å². The lowest BCUT2D eigenvalue weighted by molar-refractivity contribution is -0.137. The molecule has 0 bridgehead atoms. The number of benzene rings is 2. The molecule has 0 aromatic heterocycles. The Bertz CT molecular complexity index is 956. The number of urea groups is 1. The summed E-state index contributed by atoms with van der Waals surface area (Å²) in [5.74, 6) is -0.741. The van der Waals surface area contributed by atoms with Crippen LogP contribution in [0.25, 0.3) is 0 Å². The molecule has 0 radical (unpaired) electrons. The van der Waals surface area contributed by atoms with Gasteiger partial charge in [-0.2, -0.15) is 13.2 Å². The van der Waals surface area contributed by atoms with Crippen LogP contribution in [0.4, 0.5) is 23.7 Å². The normalized spacial score (nSPS) is 17.0. The van der Waals surface area contributed by atoms with Crippen molar-refractivity contribution in [1.82, 2.24) is 10.6 Å². The van der Waals surface area contributed by atoms with Crippen molar-refractivity contribution in [2.75, 3.05) is 5.32 Å². The Balaban J connectivity index is 1.98. The van der Waals surface area contributed by atoms with Crippen LogP contribution < -0.4 is 16.0 Å². The lowest BCUT2D eigenvalue weighted by Gasteiger charge is -2.29. The molecule has 1 aliphatic heterocycles. The third-order valence-electron chi connectivity index (χ3n) is 4.20. The number of halogens is 4. The first-order valence-corrected chi connectivity index (χ1v) is 8.97. The molecule has 0 aliphatic carbocycles. The van der Waals surface area contributed by atoms with Gasteiger partial charge in [0.05, 0.1) is 22.9 Å². The largest absolute Gasteiger partial charge is 0.418 e. The average molecular weight is 454 g/mol. The molecule has 0 saturated carbocycles. The van der Waals surface area contributed by atoms with Gasteiger partial charge in [-0.15, -0.1) is 0 Å². The first-order chi connectivity index (χ1) is 13.2. The predicted octanol–water partition coefficient (Wildman–Crippen LogP) is 4.73. The standard InChI is InChI=1S/C19H15BrF3N3O2/c1-10-15(16(26-18(28)24-10)11-6-8-12(20)9-7-11)17(27)25-14-5-3-2-4-13(14)19(21,22)23/h2-9,16H,1H3,(H,25,27)(H2,24,26,28)/t16-/m1/s1. The summed E-state index contributed by atoms with van der Waals surface area (Å²) in [5.41, 5.74) is -0.300. The van der Waals surface area contributed by atoms with Crippen molar-refractivity contribution in [3.05, 3.63) is 75.4 Å². The van der Waals surface area contributed by atoms with E-state index >= 15 is 0 Å². The molecule has 0 unspecified atom stereocenters. The Hall–Kier alpha value is -2.81. The monoisotopic (exact) mass is 453 g/mol. The van der Waals surface area contributed by atoms with E-state index < -0.39 is 29.7 Å². The number of carbonyl (C=O) groups excluding carboxylic acids is 2. The summed E-state index contributed by atoms with van der Waals surface area (Å²) in [7, 11) is 0. The summed E-state index contributed by atoms with van der Waals surface area (Å²) >= 11 is 3.31. The van der Waals surface area contributed by atoms with Crippen LogP contribution in [-0.2, 0) is 11.0 Å². The van der Waals surface area contributed by atoms with Crippen molar-refractivity contribution in [1.29, 1.82) is 0 Å². The maximum atomic E-state index is 13.2. The van der Waals surface area contributed by atoms with Crippen LogP contribution in [0.5, 0.6) is 0 Å². The van der Waals surface area contributed by atoms with E-state index in [0.29, 0.717) is 5.56 Å². The second-order valence-corrected chi connectivity index (χ2v) is 7.03. The Labute approximate surface area is 167 Å². The zero-order valence-electron chi connectivity index (χ0n) is 14.5. The number of para-hydroxylation sites is 1. The van der Waals surface area contributed by atoms with Crippen LogP contribution in [0.2, 0.25) is 0 Å². The number of hydrogen-bond acceptors (Lipinski definition) is 2. The highest BCUT2D eigenvalue weighted by molar-refractivity contribution is 9.10. The Morgan fingerprint density at radius 3 is 2.39 bits per heavy atom. The van der Waals surface area contributed by atoms with Crippen molar-refractivity contribution >= 4 is 33.6 Å². The number of carbonyl (C=O) groups is 2. The van der Waals surface area contributed by atoms with Gasteiger partial charge >= 0.3 is 12.2 Å². The summed E-state index contributed by atoms with van der Waals surface area (Å²) in [4.78, 5) is 24.8. The summed E-state index contributed by atoms with van der Waals surface area (Å²) in [6, 6.07) is 10.3. The molecular formula is C19H15BrF3N3O2. The van der Waals surface area contributed by atoms with Crippen molar-refractivity contribution in [3.8, 4) is 0 Å². The molecule has 1 aliphatic rings. The summed E-state index contributed by atoms with van der Waals surface area (Å²) in [6.07, 6.45) is -4.61. The van der Waals surface area contributed by atoms with Crippen LogP contribution in [0.15, 0.2) is 64.3 Å². The predicted molar refractivity (Wildman–Crippen MR) is 101 cm³/mol. The molecule has 2 aromatic carbocycles. The van der Waals surface area contributed by atoms with Crippen molar-refractivity contribution in [3.63, 3.8) is 0 Å². The van der Waals surface area contributed by atoms with Gasteiger partial charge in [-0.25, -0.2) is 4.79 Å². The smallest absolute Gasteiger partial charge is 0.327 e. The maximum Gasteiger partial charge on any atom is 0.418 e. The third kappa shape index (κ3) is 4.19. The van der Waals surface area contributed by atoms with E-state index in [0.717, 1.165) is 10.5 Å². The lowest BCUT2D eigenvalue weighted by atomic mass is 9.94. The second kappa shape index (κ2) is 7.67. The van der Waals surface area contributed by atoms with E-state index in [1.165, 1.54) is 25.1 Å². The van der Waals surface area contributed by atoms with E-state index in [2.05, 4.69) is 31.9 Å². The summed E-state index contributed by atoms with van der Waals surface area (Å²) in [6.45, 7) is 1.52. The first kappa shape index (κ1) is 19.9. The molecule has 1 heterocycles. The zero-order valence-corrected chi connectivity index (χ0v) is 16.1. The minimum Gasteiger partial charge on any atom is -0.327 e. The van der Waals surface area contributed by atoms with E-state index in [1.807, 2.05) is 0 Å². The van der Waals surface area contributed by atoms with Gasteiger partial charge in [-0.3, -0.25) is 4.79 Å². The molecule has 9 heteroatoms. The molecule has 0 fully saturated rings.